The average molecular weight is 329 g/mol. The number of aromatic nitrogens is 5. The van der Waals surface area contributed by atoms with Gasteiger partial charge in [0.1, 0.15) is 17.5 Å². The SMILES string of the molecule is CC1CN(Cc2nnc(C3CC3)n2C)CCN1Cc1nccn1C. The van der Waals surface area contributed by atoms with Crippen molar-refractivity contribution in [2.45, 2.75) is 44.8 Å². The molecule has 1 unspecified atom stereocenters. The van der Waals surface area contributed by atoms with Gasteiger partial charge in [-0.15, -0.1) is 10.2 Å². The Morgan fingerprint density at radius 3 is 2.58 bits per heavy atom. The van der Waals surface area contributed by atoms with E-state index in [0.717, 1.165) is 44.4 Å². The van der Waals surface area contributed by atoms with Crippen molar-refractivity contribution in [3.63, 3.8) is 0 Å². The zero-order chi connectivity index (χ0) is 16.7. The second kappa shape index (κ2) is 6.29. The van der Waals surface area contributed by atoms with Gasteiger partial charge < -0.3 is 9.13 Å². The number of aryl methyl sites for hydroxylation is 1. The molecule has 0 bridgehead atoms. The maximum Gasteiger partial charge on any atom is 0.146 e. The number of rotatable bonds is 5. The first-order valence-corrected chi connectivity index (χ1v) is 8.92. The summed E-state index contributed by atoms with van der Waals surface area (Å²) in [5.41, 5.74) is 0. The molecule has 7 heteroatoms. The van der Waals surface area contributed by atoms with E-state index in [9.17, 15) is 0 Å². The lowest BCUT2D eigenvalue weighted by Gasteiger charge is -2.39. The molecule has 0 amide bonds. The minimum atomic E-state index is 0.520. The van der Waals surface area contributed by atoms with E-state index < -0.39 is 0 Å². The Morgan fingerprint density at radius 2 is 1.92 bits per heavy atom. The molecule has 7 nitrogen and oxygen atoms in total. The predicted octanol–water partition coefficient (Wildman–Crippen LogP) is 1.13. The molecule has 2 fully saturated rings. The van der Waals surface area contributed by atoms with Crippen molar-refractivity contribution in [1.82, 2.24) is 34.1 Å². The second-order valence-electron chi connectivity index (χ2n) is 7.32. The molecule has 4 rings (SSSR count). The Labute approximate surface area is 143 Å². The third-order valence-electron chi connectivity index (χ3n) is 5.42. The molecule has 1 atom stereocenters. The van der Waals surface area contributed by atoms with E-state index in [1.807, 2.05) is 12.4 Å². The largest absolute Gasteiger partial charge is 0.337 e. The van der Waals surface area contributed by atoms with E-state index in [1.165, 1.54) is 18.7 Å². The molecular weight excluding hydrogens is 302 g/mol. The summed E-state index contributed by atoms with van der Waals surface area (Å²) in [7, 11) is 4.18. The van der Waals surface area contributed by atoms with Gasteiger partial charge in [-0.2, -0.15) is 0 Å². The summed E-state index contributed by atoms with van der Waals surface area (Å²) in [6.07, 6.45) is 6.44. The van der Waals surface area contributed by atoms with Crippen LogP contribution < -0.4 is 0 Å². The topological polar surface area (TPSA) is 55.0 Å². The highest BCUT2D eigenvalue weighted by Gasteiger charge is 2.30. The predicted molar refractivity (Wildman–Crippen MR) is 91.3 cm³/mol. The molecule has 24 heavy (non-hydrogen) atoms. The molecule has 1 aliphatic carbocycles. The van der Waals surface area contributed by atoms with Gasteiger partial charge in [0.25, 0.3) is 0 Å². The molecule has 2 aromatic rings. The minimum Gasteiger partial charge on any atom is -0.337 e. The van der Waals surface area contributed by atoms with E-state index in [0.29, 0.717) is 12.0 Å². The molecule has 0 aromatic carbocycles. The van der Waals surface area contributed by atoms with Crippen molar-refractivity contribution in [3.05, 3.63) is 29.9 Å². The Kier molecular flexibility index (Phi) is 4.14. The maximum atomic E-state index is 4.45. The summed E-state index contributed by atoms with van der Waals surface area (Å²) >= 11 is 0. The summed E-state index contributed by atoms with van der Waals surface area (Å²) in [4.78, 5) is 9.47. The lowest BCUT2D eigenvalue weighted by Crippen LogP contribution is -2.51. The molecule has 0 radical (unpaired) electrons. The van der Waals surface area contributed by atoms with Gasteiger partial charge in [0.15, 0.2) is 0 Å². The number of imidazole rings is 1. The van der Waals surface area contributed by atoms with Gasteiger partial charge in [0, 0.05) is 58.1 Å². The van der Waals surface area contributed by atoms with Crippen molar-refractivity contribution >= 4 is 0 Å². The van der Waals surface area contributed by atoms with Gasteiger partial charge in [0.2, 0.25) is 0 Å². The molecule has 2 aromatic heterocycles. The zero-order valence-corrected chi connectivity index (χ0v) is 14.9. The van der Waals surface area contributed by atoms with Crippen molar-refractivity contribution in [3.8, 4) is 0 Å². The van der Waals surface area contributed by atoms with E-state index in [2.05, 4.69) is 55.1 Å². The molecule has 3 heterocycles. The van der Waals surface area contributed by atoms with Crippen LogP contribution in [0.2, 0.25) is 0 Å². The van der Waals surface area contributed by atoms with Crippen LogP contribution in [0.3, 0.4) is 0 Å². The number of nitrogens with zero attached hydrogens (tertiary/aromatic N) is 7. The van der Waals surface area contributed by atoms with Crippen LogP contribution in [0.25, 0.3) is 0 Å². The highest BCUT2D eigenvalue weighted by Crippen LogP contribution is 2.38. The van der Waals surface area contributed by atoms with Crippen LogP contribution in [0, 0.1) is 0 Å². The Bertz CT molecular complexity index is 700. The standard InChI is InChI=1S/C17H27N7/c1-13-10-23(8-9-24(13)12-15-18-6-7-21(15)2)11-16-19-20-17(22(16)3)14-4-5-14/h6-7,13-14H,4-5,8-12H2,1-3H3. The monoisotopic (exact) mass is 329 g/mol. The molecule has 0 spiro atoms. The van der Waals surface area contributed by atoms with Crippen LogP contribution in [0.15, 0.2) is 12.4 Å². The number of hydrogen-bond donors (Lipinski definition) is 0. The van der Waals surface area contributed by atoms with Crippen molar-refractivity contribution in [1.29, 1.82) is 0 Å². The highest BCUT2D eigenvalue weighted by molar-refractivity contribution is 5.08. The van der Waals surface area contributed by atoms with Crippen molar-refractivity contribution in [2.24, 2.45) is 14.1 Å². The van der Waals surface area contributed by atoms with Gasteiger partial charge in [0.05, 0.1) is 13.1 Å². The van der Waals surface area contributed by atoms with Gasteiger partial charge in [-0.25, -0.2) is 4.98 Å². The smallest absolute Gasteiger partial charge is 0.146 e. The summed E-state index contributed by atoms with van der Waals surface area (Å²) in [6, 6.07) is 0.520. The van der Waals surface area contributed by atoms with Gasteiger partial charge in [-0.3, -0.25) is 9.80 Å². The molecule has 1 saturated heterocycles. The Balaban J connectivity index is 1.35. The third kappa shape index (κ3) is 3.10. The number of hydrogen-bond acceptors (Lipinski definition) is 5. The summed E-state index contributed by atoms with van der Waals surface area (Å²) in [5.74, 6) is 4.07. The van der Waals surface area contributed by atoms with Gasteiger partial charge in [-0.05, 0) is 19.8 Å². The van der Waals surface area contributed by atoms with Crippen LogP contribution in [0.1, 0.15) is 43.2 Å². The van der Waals surface area contributed by atoms with Crippen molar-refractivity contribution < 1.29 is 0 Å². The molecular formula is C17H27N7. The van der Waals surface area contributed by atoms with Gasteiger partial charge in [-0.1, -0.05) is 0 Å². The van der Waals surface area contributed by atoms with E-state index in [1.54, 1.807) is 0 Å². The highest BCUT2D eigenvalue weighted by atomic mass is 15.3. The van der Waals surface area contributed by atoms with E-state index >= 15 is 0 Å². The third-order valence-corrected chi connectivity index (χ3v) is 5.42. The molecule has 0 N–H and O–H groups in total. The molecule has 130 valence electrons. The summed E-state index contributed by atoms with van der Waals surface area (Å²) in [6.45, 7) is 7.34. The molecule has 2 aliphatic rings. The van der Waals surface area contributed by atoms with Gasteiger partial charge >= 0.3 is 0 Å². The maximum absolute atomic E-state index is 4.45. The van der Waals surface area contributed by atoms with Crippen molar-refractivity contribution in [2.75, 3.05) is 19.6 Å². The Morgan fingerprint density at radius 1 is 1.08 bits per heavy atom. The first-order chi connectivity index (χ1) is 11.6. The fourth-order valence-corrected chi connectivity index (χ4v) is 3.59. The minimum absolute atomic E-state index is 0.520. The summed E-state index contributed by atoms with van der Waals surface area (Å²) in [5, 5.41) is 8.83. The number of piperazine rings is 1. The first-order valence-electron chi connectivity index (χ1n) is 8.92. The fraction of sp³-hybridized carbons (Fsp3) is 0.706. The van der Waals surface area contributed by atoms with Crippen LogP contribution in [0.5, 0.6) is 0 Å². The molecule has 1 aliphatic heterocycles. The lowest BCUT2D eigenvalue weighted by atomic mass is 10.2. The van der Waals surface area contributed by atoms with Crippen LogP contribution >= 0.6 is 0 Å². The second-order valence-corrected chi connectivity index (χ2v) is 7.32. The first kappa shape index (κ1) is 15.8. The van der Waals surface area contributed by atoms with E-state index in [4.69, 9.17) is 0 Å². The van der Waals surface area contributed by atoms with Crippen LogP contribution in [-0.4, -0.2) is 59.8 Å². The summed E-state index contributed by atoms with van der Waals surface area (Å²) < 4.78 is 4.32. The normalized spacial score (nSPS) is 23.0. The van der Waals surface area contributed by atoms with E-state index in [-0.39, 0.29) is 0 Å². The lowest BCUT2D eigenvalue weighted by molar-refractivity contribution is 0.0686. The Hall–Kier alpha value is -1.73. The zero-order valence-electron chi connectivity index (χ0n) is 14.9. The molecule has 1 saturated carbocycles. The fourth-order valence-electron chi connectivity index (χ4n) is 3.59. The van der Waals surface area contributed by atoms with Crippen LogP contribution in [0.4, 0.5) is 0 Å². The van der Waals surface area contributed by atoms with Crippen LogP contribution in [-0.2, 0) is 27.2 Å². The quantitative estimate of drug-likeness (QED) is 0.823. The average Bonchev–Trinajstić information content (AvgIpc) is 3.23.